The van der Waals surface area contributed by atoms with E-state index in [0.29, 0.717) is 0 Å². The van der Waals surface area contributed by atoms with Gasteiger partial charge in [0.05, 0.1) is 0 Å². The second-order valence-electron chi connectivity index (χ2n) is 16.6. The zero-order chi connectivity index (χ0) is 36.7. The smallest absolute Gasteiger partial charge is 0.0465 e. The van der Waals surface area contributed by atoms with Crippen LogP contribution >= 0.6 is 0 Å². The molecule has 6 aromatic carbocycles. The minimum Gasteiger partial charge on any atom is -0.310 e. The molecule has 0 heterocycles. The first-order valence-corrected chi connectivity index (χ1v) is 19.1. The molecule has 1 aliphatic carbocycles. The highest BCUT2D eigenvalue weighted by molar-refractivity contribution is 5.87. The molecular formula is C51H53N. The van der Waals surface area contributed by atoms with Gasteiger partial charge in [-0.3, -0.25) is 0 Å². The van der Waals surface area contributed by atoms with Gasteiger partial charge in [-0.15, -0.1) is 0 Å². The summed E-state index contributed by atoms with van der Waals surface area (Å²) in [5, 5.41) is 0. The van der Waals surface area contributed by atoms with Gasteiger partial charge in [0.1, 0.15) is 0 Å². The van der Waals surface area contributed by atoms with Crippen molar-refractivity contribution in [2.45, 2.75) is 84.5 Å². The van der Waals surface area contributed by atoms with Gasteiger partial charge < -0.3 is 4.90 Å². The van der Waals surface area contributed by atoms with Crippen LogP contribution in [0.2, 0.25) is 0 Å². The van der Waals surface area contributed by atoms with Gasteiger partial charge in [-0.05, 0) is 116 Å². The first-order chi connectivity index (χ1) is 24.9. The second kappa shape index (κ2) is 13.8. The number of benzene rings is 6. The van der Waals surface area contributed by atoms with Gasteiger partial charge >= 0.3 is 0 Å². The summed E-state index contributed by atoms with van der Waals surface area (Å²) in [6.07, 6.45) is 6.64. The van der Waals surface area contributed by atoms with Crippen LogP contribution in [0.15, 0.2) is 140 Å². The fraction of sp³-hybridized carbons (Fsp3) is 0.255. The highest BCUT2D eigenvalue weighted by Crippen LogP contribution is 2.54. The lowest BCUT2D eigenvalue weighted by atomic mass is 9.73. The van der Waals surface area contributed by atoms with Gasteiger partial charge in [-0.1, -0.05) is 171 Å². The lowest BCUT2D eigenvalue weighted by Crippen LogP contribution is -2.23. The first-order valence-electron chi connectivity index (χ1n) is 19.1. The normalized spacial score (nSPS) is 13.6. The molecule has 1 heteroatoms. The molecule has 52 heavy (non-hydrogen) atoms. The SMILES string of the molecule is CCC1(CC)c2cc(/C=C/c3ccc(-c4cc(C(C)(C)C)cc(C(C)(C)C)c4)cc3)ccc2-c2ccc(N(c3ccccc3)c3ccccc3)cc21. The minimum atomic E-state index is -0.0429. The molecule has 0 bridgehead atoms. The van der Waals surface area contributed by atoms with E-state index in [1.807, 2.05) is 0 Å². The Morgan fingerprint density at radius 1 is 0.462 bits per heavy atom. The van der Waals surface area contributed by atoms with Gasteiger partial charge in [0, 0.05) is 22.5 Å². The van der Waals surface area contributed by atoms with Crippen LogP contribution in [-0.2, 0) is 16.2 Å². The monoisotopic (exact) mass is 679 g/mol. The van der Waals surface area contributed by atoms with Crippen molar-refractivity contribution in [2.75, 3.05) is 4.90 Å². The van der Waals surface area contributed by atoms with Crippen molar-refractivity contribution in [2.24, 2.45) is 0 Å². The summed E-state index contributed by atoms with van der Waals surface area (Å²) in [6.45, 7) is 18.5. The summed E-state index contributed by atoms with van der Waals surface area (Å²) in [6, 6.07) is 51.8. The van der Waals surface area contributed by atoms with Crippen LogP contribution in [0.5, 0.6) is 0 Å². The highest BCUT2D eigenvalue weighted by Gasteiger charge is 2.41. The van der Waals surface area contributed by atoms with E-state index in [-0.39, 0.29) is 16.2 Å². The molecule has 0 fully saturated rings. The largest absolute Gasteiger partial charge is 0.310 e. The van der Waals surface area contributed by atoms with Crippen molar-refractivity contribution >= 4 is 29.2 Å². The molecule has 0 atom stereocenters. The lowest BCUT2D eigenvalue weighted by molar-refractivity contribution is 0.490. The predicted molar refractivity (Wildman–Crippen MR) is 226 cm³/mol. The van der Waals surface area contributed by atoms with Crippen molar-refractivity contribution in [3.8, 4) is 22.3 Å². The average molecular weight is 680 g/mol. The number of hydrogen-bond acceptors (Lipinski definition) is 1. The molecular weight excluding hydrogens is 627 g/mol. The molecule has 0 amide bonds. The molecule has 0 saturated heterocycles. The van der Waals surface area contributed by atoms with Gasteiger partial charge in [-0.2, -0.15) is 0 Å². The molecule has 1 aliphatic rings. The average Bonchev–Trinajstić information content (AvgIpc) is 3.43. The number of para-hydroxylation sites is 2. The number of nitrogens with zero attached hydrogens (tertiary/aromatic N) is 1. The zero-order valence-electron chi connectivity index (χ0n) is 32.3. The number of anilines is 3. The predicted octanol–water partition coefficient (Wildman–Crippen LogP) is 14.7. The molecule has 0 aliphatic heterocycles. The highest BCUT2D eigenvalue weighted by atomic mass is 15.1. The minimum absolute atomic E-state index is 0.0429. The zero-order valence-corrected chi connectivity index (χ0v) is 32.3. The van der Waals surface area contributed by atoms with Crippen molar-refractivity contribution in [3.05, 3.63) is 173 Å². The fourth-order valence-electron chi connectivity index (χ4n) is 8.00. The third-order valence-electron chi connectivity index (χ3n) is 11.2. The lowest BCUT2D eigenvalue weighted by Gasteiger charge is -2.32. The van der Waals surface area contributed by atoms with Gasteiger partial charge in [0.2, 0.25) is 0 Å². The number of fused-ring (bicyclic) bond motifs is 3. The maximum Gasteiger partial charge on any atom is 0.0465 e. The Balaban J connectivity index is 1.20. The van der Waals surface area contributed by atoms with E-state index in [0.717, 1.165) is 24.2 Å². The third-order valence-corrected chi connectivity index (χ3v) is 11.2. The molecule has 6 aromatic rings. The molecule has 0 aromatic heterocycles. The van der Waals surface area contributed by atoms with Crippen molar-refractivity contribution in [1.29, 1.82) is 0 Å². The van der Waals surface area contributed by atoms with Crippen molar-refractivity contribution in [3.63, 3.8) is 0 Å². The summed E-state index contributed by atoms with van der Waals surface area (Å²) in [5.74, 6) is 0. The second-order valence-corrected chi connectivity index (χ2v) is 16.6. The van der Waals surface area contributed by atoms with Crippen LogP contribution in [0.4, 0.5) is 17.1 Å². The molecule has 0 N–H and O–H groups in total. The maximum atomic E-state index is 2.46. The Kier molecular flexibility index (Phi) is 9.34. The van der Waals surface area contributed by atoms with E-state index >= 15 is 0 Å². The van der Waals surface area contributed by atoms with E-state index in [1.54, 1.807) is 0 Å². The van der Waals surface area contributed by atoms with Crippen LogP contribution in [0, 0.1) is 0 Å². The topological polar surface area (TPSA) is 3.24 Å². The third kappa shape index (κ3) is 6.66. The first kappa shape index (κ1) is 35.3. The molecule has 0 saturated carbocycles. The van der Waals surface area contributed by atoms with Crippen LogP contribution in [0.25, 0.3) is 34.4 Å². The van der Waals surface area contributed by atoms with Crippen LogP contribution < -0.4 is 4.90 Å². The summed E-state index contributed by atoms with van der Waals surface area (Å²) in [5.41, 5.74) is 17.0. The molecule has 0 radical (unpaired) electrons. The Morgan fingerprint density at radius 3 is 1.46 bits per heavy atom. The van der Waals surface area contributed by atoms with E-state index < -0.39 is 0 Å². The number of rotatable bonds is 8. The van der Waals surface area contributed by atoms with E-state index in [9.17, 15) is 0 Å². The van der Waals surface area contributed by atoms with Gasteiger partial charge in [0.25, 0.3) is 0 Å². The van der Waals surface area contributed by atoms with E-state index in [1.165, 1.54) is 61.3 Å². The van der Waals surface area contributed by atoms with E-state index in [4.69, 9.17) is 0 Å². The Bertz CT molecular complexity index is 2130. The summed E-state index contributed by atoms with van der Waals surface area (Å²) < 4.78 is 0. The van der Waals surface area contributed by atoms with Crippen LogP contribution in [0.3, 0.4) is 0 Å². The molecule has 7 rings (SSSR count). The summed E-state index contributed by atoms with van der Waals surface area (Å²) in [7, 11) is 0. The number of hydrogen-bond donors (Lipinski definition) is 0. The van der Waals surface area contributed by atoms with Gasteiger partial charge in [-0.25, -0.2) is 0 Å². The Morgan fingerprint density at radius 2 is 0.942 bits per heavy atom. The summed E-state index contributed by atoms with van der Waals surface area (Å²) >= 11 is 0. The Labute approximate surface area is 312 Å². The molecule has 0 unspecified atom stereocenters. The van der Waals surface area contributed by atoms with Crippen molar-refractivity contribution in [1.82, 2.24) is 0 Å². The van der Waals surface area contributed by atoms with Crippen LogP contribution in [-0.4, -0.2) is 0 Å². The maximum absolute atomic E-state index is 2.46. The van der Waals surface area contributed by atoms with Gasteiger partial charge in [0.15, 0.2) is 0 Å². The van der Waals surface area contributed by atoms with Crippen molar-refractivity contribution < 1.29 is 0 Å². The molecule has 0 spiro atoms. The molecule has 262 valence electrons. The standard InChI is InChI=1S/C51H53N/c1-9-51(10-2)47-31-37(22-21-36-23-26-38(27-24-36)39-32-40(49(3,4)5)34-41(33-39)50(6,7)8)25-29-45(47)46-30-28-44(35-48(46)51)52(42-17-13-11-14-18-42)43-19-15-12-16-20-43/h11-35H,9-10H2,1-8H3/b22-21+. The molecule has 1 nitrogen and oxygen atoms in total. The Hall–Kier alpha value is -5.14. The summed E-state index contributed by atoms with van der Waals surface area (Å²) in [4.78, 5) is 2.38. The van der Waals surface area contributed by atoms with E-state index in [2.05, 4.69) is 212 Å². The van der Waals surface area contributed by atoms with Crippen LogP contribution in [0.1, 0.15) is 102 Å². The fourth-order valence-corrected chi connectivity index (χ4v) is 8.00. The quantitative estimate of drug-likeness (QED) is 0.145.